The predicted molar refractivity (Wildman–Crippen MR) is 138 cm³/mol. The van der Waals surface area contributed by atoms with Crippen molar-refractivity contribution in [2.75, 3.05) is 6.61 Å². The van der Waals surface area contributed by atoms with Gasteiger partial charge in [0.15, 0.2) is 0 Å². The maximum absolute atomic E-state index is 12.3. The van der Waals surface area contributed by atoms with Gasteiger partial charge in [-0.15, -0.1) is 0 Å². The Kier molecular flexibility index (Phi) is 23.2. The lowest BCUT2D eigenvalue weighted by atomic mass is 10.0. The summed E-state index contributed by atoms with van der Waals surface area (Å²) in [5.74, 6) is -0.409. The van der Waals surface area contributed by atoms with E-state index in [1.165, 1.54) is 83.5 Å². The summed E-state index contributed by atoms with van der Waals surface area (Å²) in [6, 6.07) is -0.529. The van der Waals surface area contributed by atoms with Gasteiger partial charge in [0.1, 0.15) is 6.10 Å². The van der Waals surface area contributed by atoms with Crippen molar-refractivity contribution in [2.45, 2.75) is 154 Å². The van der Waals surface area contributed by atoms with Crippen molar-refractivity contribution >= 4 is 11.9 Å². The topological polar surface area (TPSA) is 75.6 Å². The summed E-state index contributed by atoms with van der Waals surface area (Å²) in [6.07, 6.45) is 21.5. The third-order valence-electron chi connectivity index (χ3n) is 6.16. The van der Waals surface area contributed by atoms with E-state index in [-0.39, 0.29) is 31.0 Å². The Bertz CT molecular complexity index is 455. The molecule has 0 aromatic rings. The molecule has 0 fully saturated rings. The summed E-state index contributed by atoms with van der Waals surface area (Å²) in [5, 5.41) is 11.8. The number of unbranched alkanes of at least 4 members (excludes halogenated alkanes) is 15. The normalized spacial score (nSPS) is 13.0. The van der Waals surface area contributed by atoms with Gasteiger partial charge in [0.25, 0.3) is 0 Å². The van der Waals surface area contributed by atoms with Crippen molar-refractivity contribution in [3.8, 4) is 0 Å². The minimum Gasteiger partial charge on any atom is -0.462 e. The van der Waals surface area contributed by atoms with E-state index < -0.39 is 6.04 Å². The number of carbonyl (C=O) groups is 2. The second-order valence-corrected chi connectivity index (χ2v) is 9.60. The molecule has 2 atom stereocenters. The summed E-state index contributed by atoms with van der Waals surface area (Å²) < 4.78 is 5.69. The molecule has 0 spiro atoms. The highest BCUT2D eigenvalue weighted by Crippen LogP contribution is 2.16. The van der Waals surface area contributed by atoms with E-state index >= 15 is 0 Å². The van der Waals surface area contributed by atoms with Crippen LogP contribution in [0.3, 0.4) is 0 Å². The quantitative estimate of drug-likeness (QED) is 0.117. The zero-order valence-electron chi connectivity index (χ0n) is 21.9. The van der Waals surface area contributed by atoms with Crippen LogP contribution in [-0.4, -0.2) is 35.7 Å². The van der Waals surface area contributed by atoms with Crippen molar-refractivity contribution in [3.63, 3.8) is 0 Å². The van der Waals surface area contributed by atoms with Crippen molar-refractivity contribution in [1.82, 2.24) is 5.32 Å². The molecular weight excluding hydrogens is 414 g/mol. The first-order valence-corrected chi connectivity index (χ1v) is 14.0. The van der Waals surface area contributed by atoms with Crippen LogP contribution in [0.1, 0.15) is 142 Å². The van der Waals surface area contributed by atoms with Gasteiger partial charge in [0.05, 0.1) is 19.1 Å². The van der Waals surface area contributed by atoms with Gasteiger partial charge in [-0.1, -0.05) is 110 Å². The minimum absolute atomic E-state index is 0.145. The van der Waals surface area contributed by atoms with Crippen molar-refractivity contribution < 1.29 is 19.4 Å². The molecule has 0 saturated carbocycles. The smallest absolute Gasteiger partial charge is 0.306 e. The van der Waals surface area contributed by atoms with Gasteiger partial charge in [-0.3, -0.25) is 9.59 Å². The van der Waals surface area contributed by atoms with Gasteiger partial charge in [-0.05, 0) is 26.2 Å². The number of aliphatic hydroxyl groups excluding tert-OH is 1. The number of hydrogen-bond donors (Lipinski definition) is 2. The average Bonchev–Trinajstić information content (AvgIpc) is 2.79. The SMILES string of the molecule is [CH2][C@@H](CO)NC(=O)C[C@@H](CCCCCCCCCCC)OC(=O)CCCCCCCCCC. The predicted octanol–water partition coefficient (Wildman–Crippen LogP) is 7.05. The van der Waals surface area contributed by atoms with Crippen molar-refractivity contribution in [3.05, 3.63) is 6.92 Å². The Morgan fingerprint density at radius 3 is 1.70 bits per heavy atom. The number of ether oxygens (including phenoxy) is 1. The largest absolute Gasteiger partial charge is 0.462 e. The van der Waals surface area contributed by atoms with Crippen LogP contribution in [0.15, 0.2) is 0 Å². The van der Waals surface area contributed by atoms with E-state index in [2.05, 4.69) is 26.1 Å². The number of rotatable bonds is 24. The minimum atomic E-state index is -0.529. The fourth-order valence-electron chi connectivity index (χ4n) is 4.07. The molecule has 0 unspecified atom stereocenters. The summed E-state index contributed by atoms with van der Waals surface area (Å²) in [6.45, 7) is 7.94. The lowest BCUT2D eigenvalue weighted by Crippen LogP contribution is -2.37. The average molecular weight is 469 g/mol. The second-order valence-electron chi connectivity index (χ2n) is 9.60. The highest BCUT2D eigenvalue weighted by Gasteiger charge is 2.19. The van der Waals surface area contributed by atoms with Crippen LogP contribution >= 0.6 is 0 Å². The highest BCUT2D eigenvalue weighted by molar-refractivity contribution is 5.77. The Morgan fingerprint density at radius 2 is 1.21 bits per heavy atom. The van der Waals surface area contributed by atoms with E-state index in [1.807, 2.05) is 0 Å². The first-order chi connectivity index (χ1) is 16.0. The molecule has 0 aromatic heterocycles. The van der Waals surface area contributed by atoms with E-state index in [4.69, 9.17) is 9.84 Å². The molecule has 1 radical (unpaired) electrons. The lowest BCUT2D eigenvalue weighted by Gasteiger charge is -2.19. The zero-order valence-corrected chi connectivity index (χ0v) is 21.9. The standard InChI is InChI=1S/C28H54NO4/c1-4-6-8-10-12-14-15-17-19-21-26(23-27(31)29-25(3)24-30)33-28(32)22-20-18-16-13-11-9-7-5-2/h25-26,30H,3-24H2,1-2H3,(H,29,31)/t25-,26+/m0/s1. The van der Waals surface area contributed by atoms with E-state index in [0.29, 0.717) is 12.8 Å². The fraction of sp³-hybridized carbons (Fsp3) is 0.893. The van der Waals surface area contributed by atoms with Crippen molar-refractivity contribution in [1.29, 1.82) is 0 Å². The van der Waals surface area contributed by atoms with Crippen LogP contribution < -0.4 is 5.32 Å². The number of amides is 1. The molecule has 1 amide bonds. The van der Waals surface area contributed by atoms with Crippen LogP contribution in [0.4, 0.5) is 0 Å². The number of aliphatic hydroxyl groups is 1. The maximum atomic E-state index is 12.3. The molecule has 0 rings (SSSR count). The first-order valence-electron chi connectivity index (χ1n) is 14.0. The summed E-state index contributed by atoms with van der Waals surface area (Å²) >= 11 is 0. The molecule has 5 heteroatoms. The Morgan fingerprint density at radius 1 is 0.758 bits per heavy atom. The molecule has 0 heterocycles. The molecule has 5 nitrogen and oxygen atoms in total. The molecule has 0 aliphatic heterocycles. The molecule has 0 bridgehead atoms. The maximum Gasteiger partial charge on any atom is 0.306 e. The molecule has 2 N–H and O–H groups in total. The summed E-state index contributed by atoms with van der Waals surface area (Å²) in [5.41, 5.74) is 0. The van der Waals surface area contributed by atoms with Gasteiger partial charge in [-0.25, -0.2) is 0 Å². The third-order valence-corrected chi connectivity index (χ3v) is 6.16. The van der Waals surface area contributed by atoms with Gasteiger partial charge >= 0.3 is 5.97 Å². The zero-order chi connectivity index (χ0) is 24.6. The van der Waals surface area contributed by atoms with Crippen LogP contribution in [0.2, 0.25) is 0 Å². The van der Waals surface area contributed by atoms with E-state index in [0.717, 1.165) is 25.7 Å². The van der Waals surface area contributed by atoms with Crippen LogP contribution in [0, 0.1) is 6.92 Å². The van der Waals surface area contributed by atoms with Gasteiger partial charge in [-0.2, -0.15) is 0 Å². The lowest BCUT2D eigenvalue weighted by molar-refractivity contribution is -0.151. The Hall–Kier alpha value is -1.10. The molecule has 0 aliphatic rings. The Labute approximate surface area is 204 Å². The molecule has 33 heavy (non-hydrogen) atoms. The summed E-state index contributed by atoms with van der Waals surface area (Å²) in [7, 11) is 0. The van der Waals surface area contributed by atoms with Gasteiger partial charge < -0.3 is 15.2 Å². The molecule has 195 valence electrons. The van der Waals surface area contributed by atoms with Crippen LogP contribution in [-0.2, 0) is 14.3 Å². The monoisotopic (exact) mass is 468 g/mol. The van der Waals surface area contributed by atoms with Crippen LogP contribution in [0.25, 0.3) is 0 Å². The van der Waals surface area contributed by atoms with Crippen LogP contribution in [0.5, 0.6) is 0 Å². The number of carbonyl (C=O) groups excluding carboxylic acids is 2. The van der Waals surface area contributed by atoms with Gasteiger partial charge in [0.2, 0.25) is 5.91 Å². The molecule has 0 aromatic carbocycles. The van der Waals surface area contributed by atoms with E-state index in [1.54, 1.807) is 0 Å². The third kappa shape index (κ3) is 22.5. The highest BCUT2D eigenvalue weighted by atomic mass is 16.5. The fourth-order valence-corrected chi connectivity index (χ4v) is 4.07. The molecular formula is C28H54NO4. The van der Waals surface area contributed by atoms with E-state index in [9.17, 15) is 9.59 Å². The first kappa shape index (κ1) is 31.9. The number of hydrogen-bond acceptors (Lipinski definition) is 4. The summed E-state index contributed by atoms with van der Waals surface area (Å²) in [4.78, 5) is 24.6. The number of esters is 1. The molecule has 0 aliphatic carbocycles. The second kappa shape index (κ2) is 24.0. The van der Waals surface area contributed by atoms with Crippen molar-refractivity contribution in [2.24, 2.45) is 0 Å². The van der Waals surface area contributed by atoms with Gasteiger partial charge in [0, 0.05) is 6.42 Å². The number of nitrogens with one attached hydrogen (secondary N) is 1. The Balaban J connectivity index is 4.17. The molecule has 0 saturated heterocycles.